The number of ether oxygens (including phenoxy) is 3. The van der Waals surface area contributed by atoms with Crippen molar-refractivity contribution in [2.24, 2.45) is 23.7 Å². The molecule has 4 fully saturated rings. The number of rotatable bonds is 7. The molecule has 4 aromatic rings. The van der Waals surface area contributed by atoms with E-state index in [2.05, 4.69) is 6.92 Å². The van der Waals surface area contributed by atoms with E-state index >= 15 is 0 Å². The Bertz CT molecular complexity index is 1660. The van der Waals surface area contributed by atoms with Crippen molar-refractivity contribution in [3.63, 3.8) is 0 Å². The first kappa shape index (κ1) is 27.7. The van der Waals surface area contributed by atoms with Gasteiger partial charge in [0, 0.05) is 9.79 Å². The van der Waals surface area contributed by atoms with E-state index < -0.39 is 10.9 Å². The Hall–Kier alpha value is -3.84. The molecule has 0 unspecified atom stereocenters. The Morgan fingerprint density at radius 2 is 1.23 bits per heavy atom. The van der Waals surface area contributed by atoms with Crippen molar-refractivity contribution in [1.29, 1.82) is 0 Å². The minimum atomic E-state index is -0.938. The van der Waals surface area contributed by atoms with Gasteiger partial charge in [0.05, 0.1) is 0 Å². The van der Waals surface area contributed by atoms with Gasteiger partial charge in [-0.1, -0.05) is 0 Å². The number of halogens is 2. The summed E-state index contributed by atoms with van der Waals surface area (Å²) in [5, 5.41) is 0. The van der Waals surface area contributed by atoms with Crippen molar-refractivity contribution in [3.05, 3.63) is 96.6 Å². The summed E-state index contributed by atoms with van der Waals surface area (Å²) in [5.74, 6) is 3.53. The molecule has 44 heavy (non-hydrogen) atoms. The monoisotopic (exact) mass is 612 g/mol. The Morgan fingerprint density at radius 1 is 0.727 bits per heavy atom. The van der Waals surface area contributed by atoms with Crippen LogP contribution in [0.25, 0.3) is 11.1 Å². The highest BCUT2D eigenvalue weighted by molar-refractivity contribution is 8.17. The number of fused-ring (bicyclic) bond motifs is 3. The van der Waals surface area contributed by atoms with Crippen LogP contribution in [0.15, 0.2) is 99.6 Å². The Morgan fingerprint density at radius 3 is 1.77 bits per heavy atom. The van der Waals surface area contributed by atoms with Crippen LogP contribution in [-0.2, 0) is 9.53 Å². The van der Waals surface area contributed by atoms with Gasteiger partial charge in [-0.2, -0.15) is 10.9 Å². The van der Waals surface area contributed by atoms with Crippen LogP contribution in [0.2, 0.25) is 0 Å². The van der Waals surface area contributed by atoms with E-state index in [-0.39, 0.29) is 29.8 Å². The van der Waals surface area contributed by atoms with Gasteiger partial charge >= 0.3 is 5.97 Å². The highest BCUT2D eigenvalue weighted by atomic mass is 32.2. The predicted molar refractivity (Wildman–Crippen MR) is 166 cm³/mol. The third-order valence-corrected chi connectivity index (χ3v) is 12.9. The minimum Gasteiger partial charge on any atom is -0.482 e. The third-order valence-electron chi connectivity index (χ3n) is 10.3. The topological polar surface area (TPSA) is 44.8 Å². The van der Waals surface area contributed by atoms with Crippen LogP contribution in [0.3, 0.4) is 0 Å². The molecule has 4 aromatic carbocycles. The Balaban J connectivity index is 0.900. The van der Waals surface area contributed by atoms with Gasteiger partial charge in [-0.3, -0.25) is 0 Å². The zero-order valence-corrected chi connectivity index (χ0v) is 25.4. The lowest BCUT2D eigenvalue weighted by Gasteiger charge is -2.59. The van der Waals surface area contributed by atoms with Crippen LogP contribution in [0.4, 0.5) is 8.78 Å². The maximum atomic E-state index is 14.1. The summed E-state index contributed by atoms with van der Waals surface area (Å²) < 4.78 is 46.1. The van der Waals surface area contributed by atoms with Crippen LogP contribution in [0.1, 0.15) is 39.0 Å². The molecule has 0 radical (unpaired) electrons. The van der Waals surface area contributed by atoms with Crippen LogP contribution in [-0.4, -0.2) is 18.2 Å². The molecule has 4 aliphatic carbocycles. The molecule has 5 aliphatic rings. The number of hydrogen-bond donors (Lipinski definition) is 1. The predicted octanol–water partition coefficient (Wildman–Crippen LogP) is 9.35. The van der Waals surface area contributed by atoms with Gasteiger partial charge in [0.1, 0.15) is 34.5 Å². The molecule has 0 saturated heterocycles. The van der Waals surface area contributed by atoms with Gasteiger partial charge in [0.25, 0.3) is 0 Å². The van der Waals surface area contributed by atoms with Gasteiger partial charge in [-0.15, -0.1) is 0 Å². The summed E-state index contributed by atoms with van der Waals surface area (Å²) in [7, 11) is -0.938. The SMILES string of the molecule is CC1(OC(=O)COc2ccc(Oc3ccc([SH]4c5ccc(F)cc5-c5cc(F)ccc54)cc3)cc2)C2CC3CC(C2)CC1C3. The lowest BCUT2D eigenvalue weighted by molar-refractivity contribution is -0.204. The lowest BCUT2D eigenvalue weighted by Crippen LogP contribution is -2.58. The van der Waals surface area contributed by atoms with Gasteiger partial charge in [-0.25, -0.2) is 13.6 Å². The van der Waals surface area contributed by atoms with E-state index in [1.54, 1.807) is 12.1 Å². The number of esters is 1. The van der Waals surface area contributed by atoms with Gasteiger partial charge in [-0.05, 0) is 164 Å². The standard InChI is InChI=1S/C37H34F2O4S/c1-37(24-15-22-14-23(17-24)18-25(37)16-22)43-36(40)21-41-28-4-6-29(7-5-28)42-30-8-10-31(11-9-30)44-34-12-2-26(38)19-32(34)33-20-27(39)3-13-35(33)44/h2-13,19-20,22-25,44H,14-18,21H2,1H3. The first-order valence-electron chi connectivity index (χ1n) is 15.4. The maximum Gasteiger partial charge on any atom is 0.344 e. The van der Waals surface area contributed by atoms with Gasteiger partial charge in [0.15, 0.2) is 6.61 Å². The van der Waals surface area contributed by atoms with Crippen LogP contribution < -0.4 is 9.47 Å². The summed E-state index contributed by atoms with van der Waals surface area (Å²) in [4.78, 5) is 15.9. The number of carbonyl (C=O) groups is 1. The van der Waals surface area contributed by atoms with Crippen molar-refractivity contribution in [2.45, 2.75) is 59.3 Å². The molecular weight excluding hydrogens is 578 g/mol. The molecule has 0 amide bonds. The fourth-order valence-corrected chi connectivity index (χ4v) is 10.9. The van der Waals surface area contributed by atoms with E-state index in [1.807, 2.05) is 48.5 Å². The molecule has 7 heteroatoms. The molecule has 9 rings (SSSR count). The Kier molecular flexibility index (Phi) is 6.70. The Labute approximate surface area is 258 Å². The summed E-state index contributed by atoms with van der Waals surface area (Å²) in [6.07, 6.45) is 6.12. The molecule has 4 saturated carbocycles. The van der Waals surface area contributed by atoms with E-state index in [1.165, 1.54) is 56.4 Å². The second-order valence-corrected chi connectivity index (χ2v) is 15.1. The van der Waals surface area contributed by atoms with E-state index in [0.29, 0.717) is 29.1 Å². The summed E-state index contributed by atoms with van der Waals surface area (Å²) in [5.41, 5.74) is 1.15. The highest BCUT2D eigenvalue weighted by Gasteiger charge is 2.57. The number of hydrogen-bond acceptors (Lipinski definition) is 4. The molecule has 1 heterocycles. The molecule has 0 spiro atoms. The fraction of sp³-hybridized carbons (Fsp3) is 0.324. The molecule has 1 aliphatic heterocycles. The zero-order chi connectivity index (χ0) is 30.0. The molecule has 0 N–H and O–H groups in total. The average molecular weight is 613 g/mol. The molecule has 0 aromatic heterocycles. The fourth-order valence-electron chi connectivity index (χ4n) is 8.35. The number of benzene rings is 4. The second kappa shape index (κ2) is 10.7. The summed E-state index contributed by atoms with van der Waals surface area (Å²) in [6.45, 7) is 2.03. The minimum absolute atomic E-state index is 0.113. The maximum absolute atomic E-state index is 14.1. The molecule has 226 valence electrons. The molecule has 4 nitrogen and oxygen atoms in total. The van der Waals surface area contributed by atoms with E-state index in [4.69, 9.17) is 14.2 Å². The van der Waals surface area contributed by atoms with Crippen molar-refractivity contribution in [3.8, 4) is 28.4 Å². The van der Waals surface area contributed by atoms with Crippen molar-refractivity contribution < 1.29 is 27.8 Å². The number of carbonyl (C=O) groups excluding carboxylic acids is 1. The van der Waals surface area contributed by atoms with Crippen molar-refractivity contribution >= 4 is 16.9 Å². The lowest BCUT2D eigenvalue weighted by atomic mass is 9.50. The van der Waals surface area contributed by atoms with Crippen molar-refractivity contribution in [2.75, 3.05) is 6.61 Å². The first-order chi connectivity index (χ1) is 21.3. The van der Waals surface area contributed by atoms with Crippen LogP contribution >= 0.6 is 10.9 Å². The summed E-state index contributed by atoms with van der Waals surface area (Å²) in [6, 6.07) is 24.6. The van der Waals surface area contributed by atoms with E-state index in [0.717, 1.165) is 37.6 Å². The van der Waals surface area contributed by atoms with Crippen LogP contribution in [0, 0.1) is 35.3 Å². The number of thiol groups is 1. The first-order valence-corrected chi connectivity index (χ1v) is 16.8. The van der Waals surface area contributed by atoms with Gasteiger partial charge < -0.3 is 14.2 Å². The zero-order valence-electron chi connectivity index (χ0n) is 24.5. The average Bonchev–Trinajstić information content (AvgIpc) is 3.32. The normalized spacial score (nSPS) is 26.7. The third kappa shape index (κ3) is 4.86. The molecular formula is C37H34F2O4S. The highest BCUT2D eigenvalue weighted by Crippen LogP contribution is 2.63. The van der Waals surface area contributed by atoms with E-state index in [9.17, 15) is 13.6 Å². The van der Waals surface area contributed by atoms with Crippen LogP contribution in [0.5, 0.6) is 17.2 Å². The molecule has 4 bridgehead atoms. The second-order valence-electron chi connectivity index (χ2n) is 13.0. The summed E-state index contributed by atoms with van der Waals surface area (Å²) >= 11 is 0. The van der Waals surface area contributed by atoms with Gasteiger partial charge in [0.2, 0.25) is 0 Å². The largest absolute Gasteiger partial charge is 0.482 e. The molecule has 0 atom stereocenters. The smallest absolute Gasteiger partial charge is 0.344 e. The van der Waals surface area contributed by atoms with Crippen molar-refractivity contribution in [1.82, 2.24) is 0 Å². The quantitative estimate of drug-likeness (QED) is 0.147.